The minimum Gasteiger partial charge on any atom is -0.497 e. The maximum absolute atomic E-state index is 12.0. The Balaban J connectivity index is 1.86. The summed E-state index contributed by atoms with van der Waals surface area (Å²) in [5.41, 5.74) is 1.68. The van der Waals surface area contributed by atoms with Crippen LogP contribution >= 0.6 is 0 Å². The lowest BCUT2D eigenvalue weighted by atomic mass is 10.2. The topological polar surface area (TPSA) is 72.5 Å². The van der Waals surface area contributed by atoms with Crippen LogP contribution in [0.4, 0.5) is 5.69 Å². The number of pyridine rings is 1. The monoisotopic (exact) mass is 301 g/mol. The SMILES string of the molecule is COc1ccc(NC(=O)CNCc2ccncc2)c(OC)c1. The van der Waals surface area contributed by atoms with E-state index in [4.69, 9.17) is 9.47 Å². The fourth-order valence-corrected chi connectivity index (χ4v) is 1.92. The maximum Gasteiger partial charge on any atom is 0.238 e. The van der Waals surface area contributed by atoms with E-state index in [-0.39, 0.29) is 12.5 Å². The van der Waals surface area contributed by atoms with Gasteiger partial charge in [-0.2, -0.15) is 0 Å². The van der Waals surface area contributed by atoms with E-state index < -0.39 is 0 Å². The number of amides is 1. The van der Waals surface area contributed by atoms with Crippen molar-refractivity contribution in [3.05, 3.63) is 48.3 Å². The van der Waals surface area contributed by atoms with Crippen LogP contribution < -0.4 is 20.1 Å². The van der Waals surface area contributed by atoms with Crippen molar-refractivity contribution in [3.63, 3.8) is 0 Å². The number of anilines is 1. The Hall–Kier alpha value is -2.60. The molecule has 2 aromatic rings. The summed E-state index contributed by atoms with van der Waals surface area (Å²) in [5, 5.41) is 5.88. The van der Waals surface area contributed by atoms with Gasteiger partial charge in [0.1, 0.15) is 11.5 Å². The van der Waals surface area contributed by atoms with E-state index in [1.807, 2.05) is 12.1 Å². The van der Waals surface area contributed by atoms with Crippen LogP contribution in [0.3, 0.4) is 0 Å². The number of ether oxygens (including phenoxy) is 2. The van der Waals surface area contributed by atoms with Gasteiger partial charge in [0.2, 0.25) is 5.91 Å². The molecule has 0 radical (unpaired) electrons. The Labute approximate surface area is 129 Å². The van der Waals surface area contributed by atoms with E-state index >= 15 is 0 Å². The van der Waals surface area contributed by atoms with Crippen LogP contribution in [0.25, 0.3) is 0 Å². The van der Waals surface area contributed by atoms with Crippen LogP contribution in [0, 0.1) is 0 Å². The van der Waals surface area contributed by atoms with Gasteiger partial charge in [-0.05, 0) is 29.8 Å². The number of hydrogen-bond donors (Lipinski definition) is 2. The average molecular weight is 301 g/mol. The second-order valence-electron chi connectivity index (χ2n) is 4.57. The molecule has 0 atom stereocenters. The number of methoxy groups -OCH3 is 2. The number of rotatable bonds is 7. The summed E-state index contributed by atoms with van der Waals surface area (Å²) in [5.74, 6) is 1.09. The zero-order valence-electron chi connectivity index (χ0n) is 12.6. The van der Waals surface area contributed by atoms with Crippen molar-refractivity contribution in [1.82, 2.24) is 10.3 Å². The summed E-state index contributed by atoms with van der Waals surface area (Å²) in [6, 6.07) is 9.04. The van der Waals surface area contributed by atoms with Crippen molar-refractivity contribution in [1.29, 1.82) is 0 Å². The van der Waals surface area contributed by atoms with Gasteiger partial charge in [-0.1, -0.05) is 0 Å². The molecule has 0 aliphatic rings. The van der Waals surface area contributed by atoms with Crippen molar-refractivity contribution in [2.45, 2.75) is 6.54 Å². The Morgan fingerprint density at radius 3 is 2.59 bits per heavy atom. The number of nitrogens with one attached hydrogen (secondary N) is 2. The quantitative estimate of drug-likeness (QED) is 0.816. The molecule has 116 valence electrons. The fourth-order valence-electron chi connectivity index (χ4n) is 1.92. The summed E-state index contributed by atoms with van der Waals surface area (Å²) >= 11 is 0. The van der Waals surface area contributed by atoms with E-state index in [1.165, 1.54) is 0 Å². The standard InChI is InChI=1S/C16H19N3O3/c1-21-13-3-4-14(15(9-13)22-2)19-16(20)11-18-10-12-5-7-17-8-6-12/h3-9,18H,10-11H2,1-2H3,(H,19,20). The lowest BCUT2D eigenvalue weighted by molar-refractivity contribution is -0.115. The van der Waals surface area contributed by atoms with E-state index in [0.717, 1.165) is 5.56 Å². The largest absolute Gasteiger partial charge is 0.497 e. The van der Waals surface area contributed by atoms with Gasteiger partial charge >= 0.3 is 0 Å². The summed E-state index contributed by atoms with van der Waals surface area (Å²) in [6.07, 6.45) is 3.44. The third kappa shape index (κ3) is 4.46. The van der Waals surface area contributed by atoms with E-state index in [1.54, 1.807) is 44.8 Å². The van der Waals surface area contributed by atoms with Crippen molar-refractivity contribution in [2.75, 3.05) is 26.1 Å². The smallest absolute Gasteiger partial charge is 0.238 e. The molecule has 1 aromatic heterocycles. The Kier molecular flexibility index (Phi) is 5.73. The summed E-state index contributed by atoms with van der Waals surface area (Å²) in [4.78, 5) is 15.9. The van der Waals surface area contributed by atoms with Gasteiger partial charge in [0.05, 0.1) is 26.5 Å². The Morgan fingerprint density at radius 2 is 1.91 bits per heavy atom. The van der Waals surface area contributed by atoms with Crippen LogP contribution in [-0.2, 0) is 11.3 Å². The Morgan fingerprint density at radius 1 is 1.14 bits per heavy atom. The number of nitrogens with zero attached hydrogens (tertiary/aromatic N) is 1. The van der Waals surface area contributed by atoms with Crippen molar-refractivity contribution < 1.29 is 14.3 Å². The molecule has 0 fully saturated rings. The molecule has 6 heteroatoms. The van der Waals surface area contributed by atoms with Crippen LogP contribution in [0.5, 0.6) is 11.5 Å². The molecule has 0 saturated carbocycles. The molecule has 0 aliphatic carbocycles. The van der Waals surface area contributed by atoms with Crippen LogP contribution in [0.2, 0.25) is 0 Å². The summed E-state index contributed by atoms with van der Waals surface area (Å²) < 4.78 is 10.4. The first-order chi connectivity index (χ1) is 10.7. The maximum atomic E-state index is 12.0. The average Bonchev–Trinajstić information content (AvgIpc) is 2.56. The molecule has 1 heterocycles. The highest BCUT2D eigenvalue weighted by molar-refractivity contribution is 5.93. The molecular formula is C16H19N3O3. The second kappa shape index (κ2) is 7.99. The normalized spacial score (nSPS) is 10.1. The van der Waals surface area contributed by atoms with Crippen molar-refractivity contribution in [2.24, 2.45) is 0 Å². The van der Waals surface area contributed by atoms with Gasteiger partial charge < -0.3 is 20.1 Å². The van der Waals surface area contributed by atoms with Crippen LogP contribution in [0.15, 0.2) is 42.7 Å². The molecule has 1 aromatic carbocycles. The third-order valence-electron chi connectivity index (χ3n) is 3.05. The number of carbonyl (C=O) groups is 1. The molecule has 6 nitrogen and oxygen atoms in total. The second-order valence-corrected chi connectivity index (χ2v) is 4.57. The predicted octanol–water partition coefficient (Wildman–Crippen LogP) is 1.83. The first-order valence-corrected chi connectivity index (χ1v) is 6.84. The van der Waals surface area contributed by atoms with Gasteiger partial charge in [-0.15, -0.1) is 0 Å². The van der Waals surface area contributed by atoms with Crippen LogP contribution in [0.1, 0.15) is 5.56 Å². The number of aromatic nitrogens is 1. The molecule has 0 spiro atoms. The molecule has 0 unspecified atom stereocenters. The number of benzene rings is 1. The molecule has 1 amide bonds. The number of carbonyl (C=O) groups excluding carboxylic acids is 1. The van der Waals surface area contributed by atoms with Gasteiger partial charge in [-0.3, -0.25) is 9.78 Å². The molecule has 2 rings (SSSR count). The van der Waals surface area contributed by atoms with Gasteiger partial charge in [0.25, 0.3) is 0 Å². The fraction of sp³-hybridized carbons (Fsp3) is 0.250. The molecule has 2 N–H and O–H groups in total. The molecule has 22 heavy (non-hydrogen) atoms. The summed E-state index contributed by atoms with van der Waals surface area (Å²) in [6.45, 7) is 0.813. The van der Waals surface area contributed by atoms with E-state index in [9.17, 15) is 4.79 Å². The first kappa shape index (κ1) is 15.8. The van der Waals surface area contributed by atoms with Crippen molar-refractivity contribution in [3.8, 4) is 11.5 Å². The highest BCUT2D eigenvalue weighted by atomic mass is 16.5. The Bertz CT molecular complexity index is 617. The highest BCUT2D eigenvalue weighted by Crippen LogP contribution is 2.28. The molecule has 0 aliphatic heterocycles. The van der Waals surface area contributed by atoms with Gasteiger partial charge in [0.15, 0.2) is 0 Å². The lowest BCUT2D eigenvalue weighted by Crippen LogP contribution is -2.27. The molecular weight excluding hydrogens is 282 g/mol. The minimum absolute atomic E-state index is 0.141. The van der Waals surface area contributed by atoms with Crippen molar-refractivity contribution >= 4 is 11.6 Å². The molecule has 0 bridgehead atoms. The lowest BCUT2D eigenvalue weighted by Gasteiger charge is -2.12. The van der Waals surface area contributed by atoms with Gasteiger partial charge in [0, 0.05) is 25.0 Å². The first-order valence-electron chi connectivity index (χ1n) is 6.84. The third-order valence-corrected chi connectivity index (χ3v) is 3.05. The van der Waals surface area contributed by atoms with Gasteiger partial charge in [-0.25, -0.2) is 0 Å². The predicted molar refractivity (Wildman–Crippen MR) is 84.1 cm³/mol. The zero-order chi connectivity index (χ0) is 15.8. The van der Waals surface area contributed by atoms with Crippen LogP contribution in [-0.4, -0.2) is 31.7 Å². The zero-order valence-corrected chi connectivity index (χ0v) is 12.6. The van der Waals surface area contributed by atoms with E-state index in [2.05, 4.69) is 15.6 Å². The van der Waals surface area contributed by atoms with E-state index in [0.29, 0.717) is 23.7 Å². The summed E-state index contributed by atoms with van der Waals surface area (Å²) in [7, 11) is 3.13. The molecule has 0 saturated heterocycles. The minimum atomic E-state index is -0.141. The number of hydrogen-bond acceptors (Lipinski definition) is 5. The highest BCUT2D eigenvalue weighted by Gasteiger charge is 2.08.